The highest BCUT2D eigenvalue weighted by Gasteiger charge is 2.32. The Kier molecular flexibility index (Phi) is 4.59. The smallest absolute Gasteiger partial charge is 0.227 e. The van der Waals surface area contributed by atoms with Gasteiger partial charge in [0.15, 0.2) is 0 Å². The first-order chi connectivity index (χ1) is 12.8. The maximum absolute atomic E-state index is 12.3. The number of pyridine rings is 1. The van der Waals surface area contributed by atoms with Crippen molar-refractivity contribution in [2.45, 2.75) is 19.1 Å². The Balaban J connectivity index is 1.26. The second kappa shape index (κ2) is 7.35. The van der Waals surface area contributed by atoms with Crippen molar-refractivity contribution in [3.05, 3.63) is 72.3 Å². The third-order valence-electron chi connectivity index (χ3n) is 4.35. The fraction of sp³-hybridized carbons (Fsp3) is 0.263. The molecule has 1 aliphatic rings. The van der Waals surface area contributed by atoms with E-state index in [0.29, 0.717) is 26.1 Å². The summed E-state index contributed by atoms with van der Waals surface area (Å²) < 4.78 is 7.49. The van der Waals surface area contributed by atoms with Gasteiger partial charge in [-0.15, -0.1) is 5.10 Å². The summed E-state index contributed by atoms with van der Waals surface area (Å²) >= 11 is 0. The van der Waals surface area contributed by atoms with Crippen molar-refractivity contribution in [2.24, 2.45) is 0 Å². The van der Waals surface area contributed by atoms with Crippen LogP contribution in [0.15, 0.2) is 61.1 Å². The molecule has 0 atom stereocenters. The van der Waals surface area contributed by atoms with Crippen molar-refractivity contribution in [3.8, 4) is 5.75 Å². The molecular weight excluding hydrogens is 330 g/mol. The summed E-state index contributed by atoms with van der Waals surface area (Å²) in [6.07, 6.45) is 5.70. The highest BCUT2D eigenvalue weighted by atomic mass is 16.5. The highest BCUT2D eigenvalue weighted by Crippen LogP contribution is 2.21. The maximum atomic E-state index is 12.3. The summed E-state index contributed by atoms with van der Waals surface area (Å²) in [5, 5.41) is 8.32. The lowest BCUT2D eigenvalue weighted by molar-refractivity contribution is -0.136. The third-order valence-corrected chi connectivity index (χ3v) is 4.35. The number of hydrogen-bond acceptors (Lipinski definition) is 5. The molecule has 1 aromatic carbocycles. The van der Waals surface area contributed by atoms with Gasteiger partial charge in [-0.25, -0.2) is 4.68 Å². The van der Waals surface area contributed by atoms with Gasteiger partial charge in [-0.3, -0.25) is 9.78 Å². The van der Waals surface area contributed by atoms with Crippen LogP contribution in [0.5, 0.6) is 5.75 Å². The Morgan fingerprint density at radius 2 is 2.00 bits per heavy atom. The number of amides is 1. The van der Waals surface area contributed by atoms with Crippen LogP contribution in [-0.4, -0.2) is 43.9 Å². The number of benzene rings is 1. The van der Waals surface area contributed by atoms with E-state index in [2.05, 4.69) is 15.3 Å². The molecule has 7 heteroatoms. The number of carbonyl (C=O) groups excluding carboxylic acids is 1. The van der Waals surface area contributed by atoms with Gasteiger partial charge in [0.25, 0.3) is 0 Å². The fourth-order valence-corrected chi connectivity index (χ4v) is 2.85. The SMILES string of the molecule is O=C(Cc1cccnc1)N1CC(n2cc(COc3ccccc3)nn2)C1. The molecule has 26 heavy (non-hydrogen) atoms. The molecule has 1 fully saturated rings. The minimum atomic E-state index is 0.113. The first kappa shape index (κ1) is 16.3. The van der Waals surface area contributed by atoms with Gasteiger partial charge >= 0.3 is 0 Å². The molecule has 0 unspecified atom stereocenters. The first-order valence-corrected chi connectivity index (χ1v) is 8.53. The molecule has 7 nitrogen and oxygen atoms in total. The monoisotopic (exact) mass is 349 g/mol. The highest BCUT2D eigenvalue weighted by molar-refractivity contribution is 5.79. The van der Waals surface area contributed by atoms with Gasteiger partial charge in [-0.1, -0.05) is 29.5 Å². The summed E-state index contributed by atoms with van der Waals surface area (Å²) in [4.78, 5) is 18.1. The Morgan fingerprint density at radius 3 is 2.77 bits per heavy atom. The minimum Gasteiger partial charge on any atom is -0.487 e. The average molecular weight is 349 g/mol. The number of hydrogen-bond donors (Lipinski definition) is 0. The molecule has 3 aromatic rings. The number of likely N-dealkylation sites (tertiary alicyclic amines) is 1. The lowest BCUT2D eigenvalue weighted by Crippen LogP contribution is -2.51. The van der Waals surface area contributed by atoms with Crippen LogP contribution in [0.2, 0.25) is 0 Å². The van der Waals surface area contributed by atoms with Crippen molar-refractivity contribution in [1.82, 2.24) is 24.9 Å². The van der Waals surface area contributed by atoms with Gasteiger partial charge in [0.2, 0.25) is 5.91 Å². The zero-order valence-corrected chi connectivity index (χ0v) is 14.2. The topological polar surface area (TPSA) is 73.1 Å². The first-order valence-electron chi connectivity index (χ1n) is 8.53. The molecule has 2 aromatic heterocycles. The van der Waals surface area contributed by atoms with E-state index >= 15 is 0 Å². The van der Waals surface area contributed by atoms with E-state index in [0.717, 1.165) is 17.0 Å². The molecule has 0 saturated carbocycles. The van der Waals surface area contributed by atoms with E-state index in [-0.39, 0.29) is 11.9 Å². The Bertz CT molecular complexity index is 860. The molecule has 1 aliphatic heterocycles. The van der Waals surface area contributed by atoms with E-state index in [4.69, 9.17) is 4.74 Å². The Labute approximate surface area is 151 Å². The van der Waals surface area contributed by atoms with Gasteiger partial charge in [-0.2, -0.15) is 0 Å². The summed E-state index contributed by atoms with van der Waals surface area (Å²) in [6, 6.07) is 13.5. The maximum Gasteiger partial charge on any atom is 0.227 e. The molecule has 0 N–H and O–H groups in total. The largest absolute Gasteiger partial charge is 0.487 e. The lowest BCUT2D eigenvalue weighted by Gasteiger charge is -2.38. The minimum absolute atomic E-state index is 0.113. The van der Waals surface area contributed by atoms with Crippen LogP contribution in [0.4, 0.5) is 0 Å². The zero-order chi connectivity index (χ0) is 17.8. The standard InChI is InChI=1S/C19H19N5O2/c25-19(9-15-5-4-8-20-10-15)23-12-17(13-23)24-11-16(21-22-24)14-26-18-6-2-1-3-7-18/h1-8,10-11,17H,9,12-14H2. The Morgan fingerprint density at radius 1 is 1.15 bits per heavy atom. The summed E-state index contributed by atoms with van der Waals surface area (Å²) in [5.74, 6) is 0.917. The van der Waals surface area contributed by atoms with E-state index in [1.54, 1.807) is 12.4 Å². The predicted octanol–water partition coefficient (Wildman–Crippen LogP) is 1.88. The molecule has 132 valence electrons. The third kappa shape index (κ3) is 3.72. The van der Waals surface area contributed by atoms with Crippen molar-refractivity contribution >= 4 is 5.91 Å². The number of aromatic nitrogens is 4. The van der Waals surface area contributed by atoms with E-state index in [1.165, 1.54) is 0 Å². The normalized spacial score (nSPS) is 14.1. The van der Waals surface area contributed by atoms with Crippen LogP contribution in [-0.2, 0) is 17.8 Å². The molecule has 0 spiro atoms. The van der Waals surface area contributed by atoms with Crippen LogP contribution in [0.25, 0.3) is 0 Å². The fourth-order valence-electron chi connectivity index (χ4n) is 2.85. The molecule has 1 amide bonds. The second-order valence-corrected chi connectivity index (χ2v) is 6.28. The van der Waals surface area contributed by atoms with Crippen LogP contribution in [0.3, 0.4) is 0 Å². The lowest BCUT2D eigenvalue weighted by atomic mass is 10.1. The predicted molar refractivity (Wildman–Crippen MR) is 94.4 cm³/mol. The van der Waals surface area contributed by atoms with Gasteiger partial charge < -0.3 is 9.64 Å². The number of carbonyl (C=O) groups is 1. The second-order valence-electron chi connectivity index (χ2n) is 6.28. The van der Waals surface area contributed by atoms with E-state index in [9.17, 15) is 4.79 Å². The molecule has 1 saturated heterocycles. The van der Waals surface area contributed by atoms with Crippen molar-refractivity contribution in [2.75, 3.05) is 13.1 Å². The van der Waals surface area contributed by atoms with E-state index in [1.807, 2.05) is 58.2 Å². The van der Waals surface area contributed by atoms with Crippen molar-refractivity contribution in [3.63, 3.8) is 0 Å². The van der Waals surface area contributed by atoms with Crippen LogP contribution < -0.4 is 4.74 Å². The van der Waals surface area contributed by atoms with Crippen molar-refractivity contribution < 1.29 is 9.53 Å². The Hall–Kier alpha value is -3.22. The van der Waals surface area contributed by atoms with Gasteiger partial charge in [0, 0.05) is 25.5 Å². The molecule has 3 heterocycles. The quantitative estimate of drug-likeness (QED) is 0.679. The average Bonchev–Trinajstić information content (AvgIpc) is 3.09. The zero-order valence-electron chi connectivity index (χ0n) is 14.2. The van der Waals surface area contributed by atoms with Crippen LogP contribution in [0, 0.1) is 0 Å². The molecule has 0 radical (unpaired) electrons. The van der Waals surface area contributed by atoms with Gasteiger partial charge in [0.05, 0.1) is 18.7 Å². The number of ether oxygens (including phenoxy) is 1. The molecule has 4 rings (SSSR count). The van der Waals surface area contributed by atoms with Gasteiger partial charge in [0.1, 0.15) is 18.1 Å². The van der Waals surface area contributed by atoms with Gasteiger partial charge in [-0.05, 0) is 23.8 Å². The molecular formula is C19H19N5O2. The summed E-state index contributed by atoms with van der Waals surface area (Å²) in [5.41, 5.74) is 1.70. The molecule has 0 aliphatic carbocycles. The summed E-state index contributed by atoms with van der Waals surface area (Å²) in [6.45, 7) is 1.68. The van der Waals surface area contributed by atoms with Crippen molar-refractivity contribution in [1.29, 1.82) is 0 Å². The number of rotatable bonds is 6. The number of nitrogens with zero attached hydrogens (tertiary/aromatic N) is 5. The van der Waals surface area contributed by atoms with E-state index < -0.39 is 0 Å². The molecule has 0 bridgehead atoms. The number of para-hydroxylation sites is 1. The van der Waals surface area contributed by atoms with Crippen LogP contribution >= 0.6 is 0 Å². The van der Waals surface area contributed by atoms with Crippen LogP contribution in [0.1, 0.15) is 17.3 Å². The summed E-state index contributed by atoms with van der Waals surface area (Å²) in [7, 11) is 0.